The molecule has 27 heavy (non-hydrogen) atoms. The highest BCUT2D eigenvalue weighted by molar-refractivity contribution is 5.97. The predicted octanol–water partition coefficient (Wildman–Crippen LogP) is 3.28. The number of nitrogens with zero attached hydrogens (tertiary/aromatic N) is 2. The van der Waals surface area contributed by atoms with E-state index in [0.717, 1.165) is 55.0 Å². The largest absolute Gasteiger partial charge is 0.459 e. The van der Waals surface area contributed by atoms with E-state index in [0.29, 0.717) is 30.1 Å². The maximum Gasteiger partial charge on any atom is 0.200 e. The van der Waals surface area contributed by atoms with Gasteiger partial charge in [0.25, 0.3) is 0 Å². The molecule has 4 heterocycles. The summed E-state index contributed by atoms with van der Waals surface area (Å²) in [5.74, 6) is 1.56. The summed E-state index contributed by atoms with van der Waals surface area (Å²) in [6.07, 6.45) is 2.51. The number of furan rings is 1. The van der Waals surface area contributed by atoms with E-state index in [1.165, 1.54) is 12.8 Å². The number of aryl methyl sites for hydroxylation is 1. The number of fused-ring (bicyclic) bond motifs is 2. The van der Waals surface area contributed by atoms with Gasteiger partial charge in [-0.3, -0.25) is 9.69 Å². The average Bonchev–Trinajstić information content (AvgIpc) is 3.33. The molecule has 0 amide bonds. The lowest BCUT2D eigenvalue weighted by Crippen LogP contribution is -2.36. The molecule has 0 atom stereocenters. The highest BCUT2D eigenvalue weighted by atomic mass is 16.5. The van der Waals surface area contributed by atoms with Crippen LogP contribution >= 0.6 is 0 Å². The number of hydrogen-bond donors (Lipinski definition) is 0. The standard InChI is InChI=1S/C21H24N2O4/c1-14-20-15(10-16(26-20)13-22-4-2-3-5-22)11-17-18(24)12-19(27-21(14)17)23-6-8-25-9-7-23/h10-12H,2-9,13H2,1H3. The van der Waals surface area contributed by atoms with Gasteiger partial charge in [-0.15, -0.1) is 0 Å². The first kappa shape index (κ1) is 16.8. The van der Waals surface area contributed by atoms with Crippen LogP contribution in [-0.4, -0.2) is 44.3 Å². The summed E-state index contributed by atoms with van der Waals surface area (Å²) < 4.78 is 17.7. The van der Waals surface area contributed by atoms with E-state index in [2.05, 4.69) is 15.9 Å². The van der Waals surface area contributed by atoms with Crippen LogP contribution in [0.5, 0.6) is 0 Å². The molecule has 0 spiro atoms. The number of rotatable bonds is 3. The van der Waals surface area contributed by atoms with Gasteiger partial charge < -0.3 is 18.5 Å². The number of morpholine rings is 1. The van der Waals surface area contributed by atoms with Crippen molar-refractivity contribution in [1.82, 2.24) is 4.90 Å². The lowest BCUT2D eigenvalue weighted by molar-refractivity contribution is 0.121. The third kappa shape index (κ3) is 3.03. The Kier molecular flexibility index (Phi) is 4.17. The summed E-state index contributed by atoms with van der Waals surface area (Å²) in [6, 6.07) is 5.57. The van der Waals surface area contributed by atoms with Crippen LogP contribution in [0.4, 0.5) is 5.88 Å². The molecular formula is C21H24N2O4. The third-order valence-electron chi connectivity index (χ3n) is 5.67. The summed E-state index contributed by atoms with van der Waals surface area (Å²) >= 11 is 0. The fourth-order valence-electron chi connectivity index (χ4n) is 4.20. The second-order valence-corrected chi connectivity index (χ2v) is 7.54. The molecule has 2 aromatic heterocycles. The third-order valence-corrected chi connectivity index (χ3v) is 5.67. The van der Waals surface area contributed by atoms with Gasteiger partial charge in [-0.25, -0.2) is 0 Å². The van der Waals surface area contributed by atoms with E-state index < -0.39 is 0 Å². The topological polar surface area (TPSA) is 59.1 Å². The molecule has 0 saturated carbocycles. The Morgan fingerprint density at radius 1 is 0.963 bits per heavy atom. The van der Waals surface area contributed by atoms with Gasteiger partial charge >= 0.3 is 0 Å². The van der Waals surface area contributed by atoms with Crippen LogP contribution < -0.4 is 10.3 Å². The van der Waals surface area contributed by atoms with Gasteiger partial charge in [0, 0.05) is 30.1 Å². The molecule has 2 aliphatic rings. The van der Waals surface area contributed by atoms with Crippen molar-refractivity contribution in [2.45, 2.75) is 26.3 Å². The molecule has 3 aromatic rings. The van der Waals surface area contributed by atoms with Crippen molar-refractivity contribution in [3.05, 3.63) is 39.7 Å². The quantitative estimate of drug-likeness (QED) is 0.707. The Hall–Kier alpha value is -2.31. The van der Waals surface area contributed by atoms with Crippen molar-refractivity contribution in [2.24, 2.45) is 0 Å². The van der Waals surface area contributed by atoms with Crippen LogP contribution in [0.15, 0.2) is 31.8 Å². The van der Waals surface area contributed by atoms with Crippen LogP contribution in [0.3, 0.4) is 0 Å². The zero-order valence-electron chi connectivity index (χ0n) is 15.6. The van der Waals surface area contributed by atoms with Crippen LogP contribution in [0.25, 0.3) is 21.9 Å². The maximum absolute atomic E-state index is 12.8. The summed E-state index contributed by atoms with van der Waals surface area (Å²) in [5, 5.41) is 1.59. The van der Waals surface area contributed by atoms with Gasteiger partial charge in [0.05, 0.1) is 25.1 Å². The highest BCUT2D eigenvalue weighted by Gasteiger charge is 2.20. The summed E-state index contributed by atoms with van der Waals surface area (Å²) in [5.41, 5.74) is 2.32. The van der Waals surface area contributed by atoms with Crippen molar-refractivity contribution in [3.63, 3.8) is 0 Å². The fourth-order valence-corrected chi connectivity index (χ4v) is 4.20. The molecule has 0 radical (unpaired) electrons. The molecule has 0 N–H and O–H groups in total. The Labute approximate surface area is 157 Å². The summed E-state index contributed by atoms with van der Waals surface area (Å²) in [7, 11) is 0. The minimum Gasteiger partial charge on any atom is -0.459 e. The molecule has 6 heteroatoms. The number of benzene rings is 1. The summed E-state index contributed by atoms with van der Waals surface area (Å²) in [6.45, 7) is 7.81. The molecule has 0 unspecified atom stereocenters. The lowest BCUT2D eigenvalue weighted by Gasteiger charge is -2.27. The molecule has 5 rings (SSSR count). The molecule has 0 bridgehead atoms. The molecule has 2 aliphatic heterocycles. The van der Waals surface area contributed by atoms with Crippen LogP contribution in [0.1, 0.15) is 24.2 Å². The average molecular weight is 368 g/mol. The van der Waals surface area contributed by atoms with Gasteiger partial charge in [-0.2, -0.15) is 0 Å². The zero-order valence-corrected chi connectivity index (χ0v) is 15.6. The Bertz CT molecular complexity index is 1040. The molecule has 6 nitrogen and oxygen atoms in total. The first-order valence-corrected chi connectivity index (χ1v) is 9.74. The second-order valence-electron chi connectivity index (χ2n) is 7.54. The summed E-state index contributed by atoms with van der Waals surface area (Å²) in [4.78, 5) is 17.2. The van der Waals surface area contributed by atoms with Gasteiger partial charge in [0.1, 0.15) is 16.9 Å². The van der Waals surface area contributed by atoms with Crippen molar-refractivity contribution >= 4 is 27.8 Å². The molecular weight excluding hydrogens is 344 g/mol. The smallest absolute Gasteiger partial charge is 0.200 e. The fraction of sp³-hybridized carbons (Fsp3) is 0.476. The van der Waals surface area contributed by atoms with E-state index >= 15 is 0 Å². The van der Waals surface area contributed by atoms with Crippen LogP contribution in [0.2, 0.25) is 0 Å². The normalized spacial score (nSPS) is 18.8. The van der Waals surface area contributed by atoms with Crippen molar-refractivity contribution < 1.29 is 13.6 Å². The molecule has 0 aliphatic carbocycles. The van der Waals surface area contributed by atoms with Crippen LogP contribution in [-0.2, 0) is 11.3 Å². The van der Waals surface area contributed by atoms with Crippen LogP contribution in [0, 0.1) is 6.92 Å². The first-order chi connectivity index (χ1) is 13.2. The van der Waals surface area contributed by atoms with E-state index in [9.17, 15) is 4.79 Å². The Balaban J connectivity index is 1.59. The van der Waals surface area contributed by atoms with Crippen molar-refractivity contribution in [3.8, 4) is 0 Å². The lowest BCUT2D eigenvalue weighted by atomic mass is 10.1. The predicted molar refractivity (Wildman–Crippen MR) is 105 cm³/mol. The zero-order chi connectivity index (χ0) is 18.4. The second kappa shape index (κ2) is 6.69. The van der Waals surface area contributed by atoms with E-state index in [-0.39, 0.29) is 5.43 Å². The number of hydrogen-bond acceptors (Lipinski definition) is 6. The molecule has 2 fully saturated rings. The van der Waals surface area contributed by atoms with Crippen molar-refractivity contribution in [2.75, 3.05) is 44.3 Å². The van der Waals surface area contributed by atoms with Gasteiger partial charge in [-0.05, 0) is 45.0 Å². The monoisotopic (exact) mass is 368 g/mol. The Morgan fingerprint density at radius 2 is 1.74 bits per heavy atom. The minimum absolute atomic E-state index is 0.00923. The van der Waals surface area contributed by atoms with Gasteiger partial charge in [-0.1, -0.05) is 0 Å². The number of ether oxygens (including phenoxy) is 1. The Morgan fingerprint density at radius 3 is 2.52 bits per heavy atom. The van der Waals surface area contributed by atoms with Gasteiger partial charge in [0.2, 0.25) is 0 Å². The van der Waals surface area contributed by atoms with Gasteiger partial charge in [0.15, 0.2) is 11.3 Å². The van der Waals surface area contributed by atoms with Crippen molar-refractivity contribution in [1.29, 1.82) is 0 Å². The first-order valence-electron chi connectivity index (χ1n) is 9.74. The SMILES string of the molecule is Cc1c2oc(CN3CCCC3)cc2cc2c(=O)cc(N3CCOCC3)oc12. The molecule has 1 aromatic carbocycles. The highest BCUT2D eigenvalue weighted by Crippen LogP contribution is 2.32. The minimum atomic E-state index is -0.00923. The maximum atomic E-state index is 12.8. The number of anilines is 1. The van der Waals surface area contributed by atoms with E-state index in [1.54, 1.807) is 6.07 Å². The van der Waals surface area contributed by atoms with E-state index in [4.69, 9.17) is 13.6 Å². The van der Waals surface area contributed by atoms with E-state index in [1.807, 2.05) is 13.0 Å². The molecule has 2 saturated heterocycles. The number of likely N-dealkylation sites (tertiary alicyclic amines) is 1. The molecule has 142 valence electrons.